The van der Waals surface area contributed by atoms with Gasteiger partial charge in [-0.05, 0) is 45.8 Å². The largest absolute Gasteiger partial charge is 0.463 e. The van der Waals surface area contributed by atoms with E-state index in [0.717, 1.165) is 48.5 Å². The molecule has 2 aliphatic heterocycles. The predicted octanol–water partition coefficient (Wildman–Crippen LogP) is 7.11. The molecule has 0 saturated carbocycles. The summed E-state index contributed by atoms with van der Waals surface area (Å²) in [7, 11) is 0. The van der Waals surface area contributed by atoms with Crippen molar-refractivity contribution in [2.75, 3.05) is 0 Å². The molecule has 140 valence electrons. The Morgan fingerprint density at radius 1 is 1.00 bits per heavy atom. The fourth-order valence-electron chi connectivity index (χ4n) is 3.77. The van der Waals surface area contributed by atoms with E-state index in [9.17, 15) is 0 Å². The maximum atomic E-state index is 6.45. The van der Waals surface area contributed by atoms with Crippen molar-refractivity contribution in [2.45, 2.75) is 18.7 Å². The van der Waals surface area contributed by atoms with Crippen LogP contribution in [0.3, 0.4) is 0 Å². The molecule has 28 heavy (non-hydrogen) atoms. The Morgan fingerprint density at radius 3 is 2.50 bits per heavy atom. The number of halogens is 3. The Balaban J connectivity index is 1.63. The Bertz CT molecular complexity index is 1070. The summed E-state index contributed by atoms with van der Waals surface area (Å²) in [4.78, 5) is 0. The summed E-state index contributed by atoms with van der Waals surface area (Å²) in [5.41, 5.74) is 4.33. The second-order valence-electron chi connectivity index (χ2n) is 6.84. The van der Waals surface area contributed by atoms with Crippen LogP contribution >= 0.6 is 43.5 Å². The van der Waals surface area contributed by atoms with E-state index < -0.39 is 0 Å². The SMILES string of the molecule is Clc1ccc(C2=NN3[C@@H](c4ccccc4)Oc4c(Br)cc(Br)cc4[C@@H]3C2)cc1. The monoisotopic (exact) mass is 516 g/mol. The number of benzene rings is 3. The van der Waals surface area contributed by atoms with Gasteiger partial charge in [0.2, 0.25) is 6.23 Å². The van der Waals surface area contributed by atoms with Gasteiger partial charge in [0.05, 0.1) is 16.2 Å². The second-order valence-corrected chi connectivity index (χ2v) is 9.05. The molecule has 2 aliphatic rings. The van der Waals surface area contributed by atoms with E-state index in [1.54, 1.807) is 0 Å². The molecule has 0 amide bonds. The summed E-state index contributed by atoms with van der Waals surface area (Å²) in [5.74, 6) is 0.880. The van der Waals surface area contributed by atoms with Crippen LogP contribution in [0.4, 0.5) is 0 Å². The molecule has 3 aromatic carbocycles. The van der Waals surface area contributed by atoms with Crippen LogP contribution < -0.4 is 4.74 Å². The van der Waals surface area contributed by atoms with Gasteiger partial charge in [-0.1, -0.05) is 70.0 Å². The zero-order valence-electron chi connectivity index (χ0n) is 14.6. The average Bonchev–Trinajstić information content (AvgIpc) is 3.14. The van der Waals surface area contributed by atoms with E-state index in [1.807, 2.05) is 48.5 Å². The molecule has 3 nitrogen and oxygen atoms in total. The van der Waals surface area contributed by atoms with E-state index >= 15 is 0 Å². The Morgan fingerprint density at radius 2 is 1.75 bits per heavy atom. The summed E-state index contributed by atoms with van der Waals surface area (Å²) >= 11 is 13.3. The minimum absolute atomic E-state index is 0.105. The number of rotatable bonds is 2. The fourth-order valence-corrected chi connectivity index (χ4v) is 5.25. The number of hydrogen-bond acceptors (Lipinski definition) is 3. The van der Waals surface area contributed by atoms with Gasteiger partial charge in [0.15, 0.2) is 0 Å². The van der Waals surface area contributed by atoms with Crippen molar-refractivity contribution < 1.29 is 4.74 Å². The van der Waals surface area contributed by atoms with Gasteiger partial charge in [0.1, 0.15) is 5.75 Å². The molecular weight excluding hydrogens is 504 g/mol. The normalized spacial score (nSPS) is 20.2. The smallest absolute Gasteiger partial charge is 0.213 e. The van der Waals surface area contributed by atoms with Gasteiger partial charge in [0.25, 0.3) is 0 Å². The van der Waals surface area contributed by atoms with Crippen molar-refractivity contribution in [3.8, 4) is 5.75 Å². The van der Waals surface area contributed by atoms with Gasteiger partial charge in [-0.2, -0.15) is 5.10 Å². The van der Waals surface area contributed by atoms with E-state index in [-0.39, 0.29) is 12.3 Å². The van der Waals surface area contributed by atoms with Crippen LogP contribution in [-0.2, 0) is 0 Å². The van der Waals surface area contributed by atoms with Crippen LogP contribution in [0, 0.1) is 0 Å². The quantitative estimate of drug-likeness (QED) is 0.361. The highest BCUT2D eigenvalue weighted by Crippen LogP contribution is 2.50. The lowest BCUT2D eigenvalue weighted by atomic mass is 9.96. The molecule has 2 heterocycles. The summed E-state index contributed by atoms with van der Waals surface area (Å²) in [6.45, 7) is 0. The summed E-state index contributed by atoms with van der Waals surface area (Å²) in [6, 6.07) is 22.3. The van der Waals surface area contributed by atoms with Crippen LogP contribution in [0.1, 0.15) is 35.4 Å². The van der Waals surface area contributed by atoms with E-state index in [0.29, 0.717) is 0 Å². The van der Waals surface area contributed by atoms with E-state index in [4.69, 9.17) is 21.4 Å². The molecule has 0 bridgehead atoms. The first-order chi connectivity index (χ1) is 13.6. The zero-order chi connectivity index (χ0) is 19.3. The zero-order valence-corrected chi connectivity index (χ0v) is 18.6. The molecule has 0 radical (unpaired) electrons. The molecule has 0 aliphatic carbocycles. The molecule has 5 rings (SSSR count). The first-order valence-electron chi connectivity index (χ1n) is 8.92. The van der Waals surface area contributed by atoms with Crippen LogP contribution in [0.15, 0.2) is 80.8 Å². The van der Waals surface area contributed by atoms with Crippen molar-refractivity contribution >= 4 is 49.2 Å². The fraction of sp³-hybridized carbons (Fsp3) is 0.136. The molecular formula is C22H15Br2ClN2O. The minimum atomic E-state index is -0.277. The molecule has 0 spiro atoms. The highest BCUT2D eigenvalue weighted by Gasteiger charge is 2.41. The van der Waals surface area contributed by atoms with Crippen LogP contribution in [0.5, 0.6) is 5.75 Å². The summed E-state index contributed by atoms with van der Waals surface area (Å²) in [5, 5.41) is 7.79. The van der Waals surface area contributed by atoms with Gasteiger partial charge >= 0.3 is 0 Å². The number of hydrazone groups is 1. The van der Waals surface area contributed by atoms with E-state index in [1.165, 1.54) is 0 Å². The van der Waals surface area contributed by atoms with Crippen LogP contribution in [0.25, 0.3) is 0 Å². The Kier molecular flexibility index (Phi) is 4.69. The molecule has 0 saturated heterocycles. The van der Waals surface area contributed by atoms with Gasteiger partial charge in [-0.3, -0.25) is 0 Å². The lowest BCUT2D eigenvalue weighted by Gasteiger charge is -2.38. The second kappa shape index (κ2) is 7.21. The molecule has 0 N–H and O–H groups in total. The standard InChI is InChI=1S/C22H15Br2ClN2O/c23-15-10-17-20-12-19(13-6-8-16(25)9-7-13)26-27(20)22(14-4-2-1-3-5-14)28-21(17)18(24)11-15/h1-11,20,22H,12H2/t20-,22+/m0/s1. The van der Waals surface area contributed by atoms with Crippen molar-refractivity contribution in [1.29, 1.82) is 0 Å². The van der Waals surface area contributed by atoms with Crippen molar-refractivity contribution in [3.05, 3.63) is 97.4 Å². The lowest BCUT2D eigenvalue weighted by molar-refractivity contribution is -0.0197. The number of fused-ring (bicyclic) bond motifs is 3. The van der Waals surface area contributed by atoms with Crippen LogP contribution in [-0.4, -0.2) is 10.7 Å². The maximum absolute atomic E-state index is 6.45. The summed E-state index contributed by atoms with van der Waals surface area (Å²) < 4.78 is 8.41. The lowest BCUT2D eigenvalue weighted by Crippen LogP contribution is -2.33. The first kappa shape index (κ1) is 18.2. The van der Waals surface area contributed by atoms with Crippen molar-refractivity contribution in [3.63, 3.8) is 0 Å². The Hall–Kier alpha value is -1.82. The van der Waals surface area contributed by atoms with Gasteiger partial charge in [-0.25, -0.2) is 5.01 Å². The van der Waals surface area contributed by atoms with Crippen molar-refractivity contribution in [1.82, 2.24) is 5.01 Å². The molecule has 0 aromatic heterocycles. The molecule has 2 atom stereocenters. The highest BCUT2D eigenvalue weighted by molar-refractivity contribution is 9.11. The van der Waals surface area contributed by atoms with Gasteiger partial charge in [0, 0.05) is 27.0 Å². The topological polar surface area (TPSA) is 24.8 Å². The van der Waals surface area contributed by atoms with Gasteiger partial charge in [-0.15, -0.1) is 0 Å². The van der Waals surface area contributed by atoms with Gasteiger partial charge < -0.3 is 4.74 Å². The number of nitrogens with zero attached hydrogens (tertiary/aromatic N) is 2. The van der Waals surface area contributed by atoms with E-state index in [2.05, 4.69) is 55.1 Å². The maximum Gasteiger partial charge on any atom is 0.213 e. The summed E-state index contributed by atoms with van der Waals surface area (Å²) in [6.07, 6.45) is 0.533. The third-order valence-electron chi connectivity index (χ3n) is 5.07. The van der Waals surface area contributed by atoms with Crippen LogP contribution in [0.2, 0.25) is 5.02 Å². The predicted molar refractivity (Wildman–Crippen MR) is 119 cm³/mol. The minimum Gasteiger partial charge on any atom is -0.463 e. The highest BCUT2D eigenvalue weighted by atomic mass is 79.9. The average molecular weight is 519 g/mol. The number of ether oxygens (including phenoxy) is 1. The Labute approximate surface area is 185 Å². The first-order valence-corrected chi connectivity index (χ1v) is 10.9. The number of hydrogen-bond donors (Lipinski definition) is 0. The molecule has 3 aromatic rings. The third kappa shape index (κ3) is 3.15. The molecule has 6 heteroatoms. The van der Waals surface area contributed by atoms with Crippen molar-refractivity contribution in [2.24, 2.45) is 5.10 Å². The molecule has 0 fully saturated rings. The third-order valence-corrected chi connectivity index (χ3v) is 6.37. The molecule has 0 unspecified atom stereocenters.